The number of benzene rings is 2. The molecule has 0 atom stereocenters. The molecule has 3 aromatic rings. The maximum atomic E-state index is 13.0. The molecule has 0 saturated heterocycles. The van der Waals surface area contributed by atoms with Crippen LogP contribution in [0.5, 0.6) is 5.75 Å². The Morgan fingerprint density at radius 1 is 1.03 bits per heavy atom. The lowest BCUT2D eigenvalue weighted by atomic mass is 9.92. The van der Waals surface area contributed by atoms with E-state index in [4.69, 9.17) is 15.5 Å². The minimum atomic E-state index is -1.03. The maximum absolute atomic E-state index is 13.0. The largest absolute Gasteiger partial charge is 0.478 e. The van der Waals surface area contributed by atoms with Gasteiger partial charge in [0.15, 0.2) is 0 Å². The van der Waals surface area contributed by atoms with Crippen molar-refractivity contribution in [2.24, 2.45) is 11.7 Å². The fourth-order valence-electron chi connectivity index (χ4n) is 4.13. The van der Waals surface area contributed by atoms with E-state index in [-0.39, 0.29) is 12.1 Å². The molecule has 0 fully saturated rings. The first-order valence-corrected chi connectivity index (χ1v) is 11.6. The normalized spacial score (nSPS) is 11.0. The Labute approximate surface area is 206 Å². The second-order valence-corrected chi connectivity index (χ2v) is 9.22. The van der Waals surface area contributed by atoms with Crippen LogP contribution in [0, 0.1) is 33.6 Å². The van der Waals surface area contributed by atoms with E-state index in [1.807, 2.05) is 38.1 Å². The summed E-state index contributed by atoms with van der Waals surface area (Å²) < 4.78 is 5.60. The Balaban J connectivity index is 2.05. The molecule has 1 aromatic heterocycles. The quantitative estimate of drug-likeness (QED) is 0.389. The van der Waals surface area contributed by atoms with Crippen LogP contribution in [0.4, 0.5) is 10.5 Å². The fraction of sp³-hybridized carbons (Fsp3) is 0.321. The van der Waals surface area contributed by atoms with E-state index in [1.54, 1.807) is 13.8 Å². The first-order valence-electron chi connectivity index (χ1n) is 11.6. The van der Waals surface area contributed by atoms with E-state index in [1.165, 1.54) is 12.1 Å². The van der Waals surface area contributed by atoms with E-state index in [9.17, 15) is 14.7 Å². The molecule has 0 aliphatic rings. The second kappa shape index (κ2) is 10.7. The van der Waals surface area contributed by atoms with Gasteiger partial charge in [0, 0.05) is 17.8 Å². The predicted molar refractivity (Wildman–Crippen MR) is 138 cm³/mol. The number of hydrogen-bond acceptors (Lipinski definition) is 5. The third-order valence-electron chi connectivity index (χ3n) is 6.11. The third kappa shape index (κ3) is 5.69. The molecule has 35 heavy (non-hydrogen) atoms. The number of rotatable bonds is 7. The van der Waals surface area contributed by atoms with Gasteiger partial charge in [-0.3, -0.25) is 10.3 Å². The van der Waals surface area contributed by atoms with Crippen molar-refractivity contribution < 1.29 is 19.4 Å². The number of aromatic carboxylic acids is 1. The van der Waals surface area contributed by atoms with Gasteiger partial charge in [0.2, 0.25) is 0 Å². The maximum Gasteiger partial charge on any atom is 0.417 e. The molecule has 1 amide bonds. The number of carbonyl (C=O) groups is 2. The van der Waals surface area contributed by atoms with Gasteiger partial charge >= 0.3 is 12.1 Å². The van der Waals surface area contributed by atoms with Crippen molar-refractivity contribution in [3.63, 3.8) is 0 Å². The summed E-state index contributed by atoms with van der Waals surface area (Å²) in [7, 11) is 0. The van der Waals surface area contributed by atoms with Crippen molar-refractivity contribution in [2.45, 2.75) is 54.5 Å². The van der Waals surface area contributed by atoms with E-state index >= 15 is 0 Å². The highest BCUT2D eigenvalue weighted by molar-refractivity contribution is 5.95. The van der Waals surface area contributed by atoms with Gasteiger partial charge in [-0.25, -0.2) is 9.59 Å². The number of hydrogen-bond donors (Lipinski definition) is 3. The van der Waals surface area contributed by atoms with Gasteiger partial charge in [-0.2, -0.15) is 0 Å². The third-order valence-corrected chi connectivity index (χ3v) is 6.11. The number of pyridine rings is 1. The molecule has 0 radical (unpaired) electrons. The van der Waals surface area contributed by atoms with Gasteiger partial charge in [0.1, 0.15) is 5.75 Å². The first-order chi connectivity index (χ1) is 16.5. The summed E-state index contributed by atoms with van der Waals surface area (Å²) >= 11 is 0. The molecule has 3 rings (SSSR count). The van der Waals surface area contributed by atoms with Crippen molar-refractivity contribution in [3.8, 4) is 16.9 Å². The van der Waals surface area contributed by atoms with Gasteiger partial charge in [-0.1, -0.05) is 43.7 Å². The smallest absolute Gasteiger partial charge is 0.417 e. The molecule has 7 heteroatoms. The van der Waals surface area contributed by atoms with Crippen LogP contribution in [0.1, 0.15) is 57.8 Å². The number of nitrogens with zero attached hydrogens (tertiary/aromatic N) is 1. The summed E-state index contributed by atoms with van der Waals surface area (Å²) in [5.74, 6) is -0.341. The Bertz CT molecular complexity index is 1260. The Morgan fingerprint density at radius 3 is 2.26 bits per heavy atom. The SMILES string of the molecule is Cc1ccc(-c2c(CN)c(CC(C)C)nc(C)c2NC(=O)Oc2ccc(C(=O)O)c(C)c2C)cc1. The molecule has 0 aliphatic carbocycles. The highest BCUT2D eigenvalue weighted by Crippen LogP contribution is 2.36. The number of ether oxygens (including phenoxy) is 1. The molecule has 4 N–H and O–H groups in total. The molecule has 2 aromatic carbocycles. The van der Waals surface area contributed by atoms with Crippen LogP contribution in [-0.2, 0) is 13.0 Å². The zero-order chi connectivity index (χ0) is 25.9. The van der Waals surface area contributed by atoms with Crippen LogP contribution in [0.15, 0.2) is 36.4 Å². The van der Waals surface area contributed by atoms with Gasteiger partial charge in [-0.05, 0) is 74.4 Å². The van der Waals surface area contributed by atoms with Gasteiger partial charge in [0.25, 0.3) is 0 Å². The van der Waals surface area contributed by atoms with Crippen LogP contribution >= 0.6 is 0 Å². The number of aromatic nitrogens is 1. The summed E-state index contributed by atoms with van der Waals surface area (Å²) in [5, 5.41) is 12.2. The zero-order valence-corrected chi connectivity index (χ0v) is 21.2. The number of carboxylic acids is 1. The predicted octanol–water partition coefficient (Wildman–Crippen LogP) is 5.95. The van der Waals surface area contributed by atoms with Crippen molar-refractivity contribution in [3.05, 3.63) is 75.6 Å². The fourth-order valence-corrected chi connectivity index (χ4v) is 4.13. The first kappa shape index (κ1) is 25.9. The minimum absolute atomic E-state index is 0.172. The number of nitrogens with two attached hydrogens (primary N) is 1. The number of anilines is 1. The van der Waals surface area contributed by atoms with Crippen molar-refractivity contribution in [1.29, 1.82) is 0 Å². The van der Waals surface area contributed by atoms with Gasteiger partial charge in [-0.15, -0.1) is 0 Å². The number of carboxylic acid groups (broad SMARTS) is 1. The van der Waals surface area contributed by atoms with E-state index in [0.29, 0.717) is 34.2 Å². The average molecular weight is 476 g/mol. The van der Waals surface area contributed by atoms with Gasteiger partial charge in [0.05, 0.1) is 16.9 Å². The average Bonchev–Trinajstić information content (AvgIpc) is 2.78. The Hall–Kier alpha value is -3.71. The lowest BCUT2D eigenvalue weighted by Crippen LogP contribution is -2.21. The summed E-state index contributed by atoms with van der Waals surface area (Å²) in [4.78, 5) is 29.2. The second-order valence-electron chi connectivity index (χ2n) is 9.22. The van der Waals surface area contributed by atoms with Crippen molar-refractivity contribution >= 4 is 17.7 Å². The van der Waals surface area contributed by atoms with E-state index in [0.717, 1.165) is 34.4 Å². The molecular weight excluding hydrogens is 442 g/mol. The molecule has 7 nitrogen and oxygen atoms in total. The number of carbonyl (C=O) groups excluding carboxylic acids is 1. The summed E-state index contributed by atoms with van der Waals surface area (Å²) in [5.41, 5.74) is 13.4. The highest BCUT2D eigenvalue weighted by Gasteiger charge is 2.22. The lowest BCUT2D eigenvalue weighted by molar-refractivity contribution is 0.0696. The molecule has 0 unspecified atom stereocenters. The van der Waals surface area contributed by atoms with E-state index in [2.05, 4.69) is 19.2 Å². The molecule has 0 spiro atoms. The molecule has 1 heterocycles. The summed E-state index contributed by atoms with van der Waals surface area (Å²) in [6.07, 6.45) is 0.0826. The van der Waals surface area contributed by atoms with Crippen LogP contribution in [-0.4, -0.2) is 22.2 Å². The molecule has 0 aliphatic heterocycles. The highest BCUT2D eigenvalue weighted by atomic mass is 16.6. The Morgan fingerprint density at radius 2 is 1.69 bits per heavy atom. The summed E-state index contributed by atoms with van der Waals surface area (Å²) in [6, 6.07) is 11.0. The number of amides is 1. The molecule has 184 valence electrons. The Kier molecular flexibility index (Phi) is 7.92. The number of aryl methyl sites for hydroxylation is 2. The van der Waals surface area contributed by atoms with Gasteiger partial charge < -0.3 is 15.6 Å². The van der Waals surface area contributed by atoms with Crippen LogP contribution in [0.2, 0.25) is 0 Å². The zero-order valence-electron chi connectivity index (χ0n) is 21.2. The van der Waals surface area contributed by atoms with Crippen LogP contribution in [0.25, 0.3) is 11.1 Å². The van der Waals surface area contributed by atoms with Crippen molar-refractivity contribution in [2.75, 3.05) is 5.32 Å². The van der Waals surface area contributed by atoms with E-state index < -0.39 is 12.1 Å². The standard InChI is InChI=1S/C28H33N3O4/c1-15(2)13-23-22(14-29)25(20-9-7-16(3)8-10-20)26(19(6)30-23)31-28(34)35-24-12-11-21(27(32)33)17(4)18(24)5/h7-12,15H,13-14,29H2,1-6H3,(H,31,34)(H,32,33). The topological polar surface area (TPSA) is 115 Å². The monoisotopic (exact) mass is 475 g/mol. The van der Waals surface area contributed by atoms with Crippen molar-refractivity contribution in [1.82, 2.24) is 4.98 Å². The molecular formula is C28H33N3O4. The molecule has 0 bridgehead atoms. The van der Waals surface area contributed by atoms with Crippen LogP contribution < -0.4 is 15.8 Å². The van der Waals surface area contributed by atoms with Crippen LogP contribution in [0.3, 0.4) is 0 Å². The minimum Gasteiger partial charge on any atom is -0.478 e. The molecule has 0 saturated carbocycles. The lowest BCUT2D eigenvalue weighted by Gasteiger charge is -2.21. The summed E-state index contributed by atoms with van der Waals surface area (Å²) in [6.45, 7) is 11.8. The number of nitrogens with one attached hydrogen (secondary N) is 1.